The maximum absolute atomic E-state index is 12.3. The van der Waals surface area contributed by atoms with Crippen molar-refractivity contribution in [3.05, 3.63) is 74.9 Å². The van der Waals surface area contributed by atoms with E-state index in [1.54, 1.807) is 18.3 Å². The van der Waals surface area contributed by atoms with Crippen LogP contribution in [0, 0.1) is 0 Å². The fourth-order valence-electron chi connectivity index (χ4n) is 3.44. The summed E-state index contributed by atoms with van der Waals surface area (Å²) in [6.45, 7) is 2.22. The molecule has 2 aromatic carbocycles. The maximum atomic E-state index is 12.3. The third kappa shape index (κ3) is 3.22. The van der Waals surface area contributed by atoms with Gasteiger partial charge in [-0.05, 0) is 75.7 Å². The second-order valence-corrected chi connectivity index (χ2v) is 7.59. The first-order valence-electron chi connectivity index (χ1n) is 8.33. The molecule has 0 N–H and O–H groups in total. The van der Waals surface area contributed by atoms with E-state index in [2.05, 4.69) is 35.0 Å². The number of hydrogen-bond acceptors (Lipinski definition) is 2. The number of aryl methyl sites for hydroxylation is 2. The van der Waals surface area contributed by atoms with Gasteiger partial charge in [0.05, 0.1) is 6.54 Å². The number of benzene rings is 2. The molecule has 0 bridgehead atoms. The molecule has 4 rings (SSSR count). The highest BCUT2D eigenvalue weighted by atomic mass is 35.5. The zero-order valence-electron chi connectivity index (χ0n) is 14.0. The van der Waals surface area contributed by atoms with Crippen molar-refractivity contribution in [3.8, 4) is 11.1 Å². The molecular weight excluding hydrogens is 350 g/mol. The quantitative estimate of drug-likeness (QED) is 0.538. The summed E-state index contributed by atoms with van der Waals surface area (Å²) in [5.74, 6) is 0.0540. The Bertz CT molecular complexity index is 933. The summed E-state index contributed by atoms with van der Waals surface area (Å²) < 4.78 is 0. The van der Waals surface area contributed by atoms with E-state index in [0.29, 0.717) is 6.54 Å². The molecule has 2 heterocycles. The van der Waals surface area contributed by atoms with Crippen LogP contribution in [0.25, 0.3) is 11.1 Å². The highest BCUT2D eigenvalue weighted by Gasteiger charge is 2.21. The Labute approximate surface area is 156 Å². The molecule has 126 valence electrons. The lowest BCUT2D eigenvalue weighted by Gasteiger charge is -2.28. The zero-order chi connectivity index (χ0) is 17.4. The van der Waals surface area contributed by atoms with Crippen LogP contribution in [0.3, 0.4) is 0 Å². The lowest BCUT2D eigenvalue weighted by atomic mass is 9.93. The van der Waals surface area contributed by atoms with E-state index in [9.17, 15) is 4.79 Å². The summed E-state index contributed by atoms with van der Waals surface area (Å²) in [6, 6.07) is 14.5. The highest BCUT2D eigenvalue weighted by Crippen LogP contribution is 2.32. The molecule has 0 spiro atoms. The fraction of sp³-hybridized carbons (Fsp3) is 0.190. The molecule has 1 aliphatic rings. The largest absolute Gasteiger partial charge is 0.308 e. The summed E-state index contributed by atoms with van der Waals surface area (Å²) in [4.78, 5) is 14.1. The highest BCUT2D eigenvalue weighted by molar-refractivity contribution is 7.08. The Morgan fingerprint density at radius 1 is 1.00 bits per heavy atom. The van der Waals surface area contributed by atoms with Crippen molar-refractivity contribution in [2.45, 2.75) is 26.3 Å². The summed E-state index contributed by atoms with van der Waals surface area (Å²) in [7, 11) is 0. The van der Waals surface area contributed by atoms with Gasteiger partial charge in [-0.2, -0.15) is 11.3 Å². The fourth-order valence-corrected chi connectivity index (χ4v) is 4.30. The molecule has 1 amide bonds. The Kier molecular flexibility index (Phi) is 4.36. The molecule has 0 unspecified atom stereocenters. The minimum atomic E-state index is 0.0540. The van der Waals surface area contributed by atoms with Crippen molar-refractivity contribution in [2.75, 3.05) is 4.90 Å². The summed E-state index contributed by atoms with van der Waals surface area (Å²) in [6.07, 6.45) is 1.83. The normalized spacial score (nSPS) is 13.6. The standard InChI is InChI=1S/C21H18ClNOS/c1-14(24)23-12-18-5-3-16(19-8-9-25-13-19)10-15(18)2-4-17-11-20(22)6-7-21(17)23/h3,5-11,13H,2,4,12H2,1H3. The monoisotopic (exact) mass is 367 g/mol. The molecular formula is C21H18ClNOS. The van der Waals surface area contributed by atoms with E-state index in [4.69, 9.17) is 11.6 Å². The predicted octanol–water partition coefficient (Wildman–Crippen LogP) is 5.72. The molecule has 4 heteroatoms. The molecule has 0 saturated carbocycles. The maximum Gasteiger partial charge on any atom is 0.224 e. The number of anilines is 1. The molecule has 0 atom stereocenters. The van der Waals surface area contributed by atoms with Gasteiger partial charge in [-0.1, -0.05) is 29.8 Å². The van der Waals surface area contributed by atoms with Crippen molar-refractivity contribution >= 4 is 34.5 Å². The third-order valence-corrected chi connectivity index (χ3v) is 5.68. The van der Waals surface area contributed by atoms with Gasteiger partial charge in [-0.3, -0.25) is 4.79 Å². The van der Waals surface area contributed by atoms with Crippen molar-refractivity contribution < 1.29 is 4.79 Å². The Balaban J connectivity index is 1.78. The van der Waals surface area contributed by atoms with Gasteiger partial charge in [-0.15, -0.1) is 0 Å². The molecule has 2 nitrogen and oxygen atoms in total. The molecule has 0 fully saturated rings. The average Bonchev–Trinajstić information content (AvgIpc) is 3.11. The van der Waals surface area contributed by atoms with Crippen LogP contribution >= 0.6 is 22.9 Å². The van der Waals surface area contributed by atoms with Gasteiger partial charge < -0.3 is 4.90 Å². The van der Waals surface area contributed by atoms with Gasteiger partial charge in [-0.25, -0.2) is 0 Å². The minimum absolute atomic E-state index is 0.0540. The smallest absolute Gasteiger partial charge is 0.224 e. The molecule has 0 aliphatic carbocycles. The number of thiophene rings is 1. The van der Waals surface area contributed by atoms with E-state index in [0.717, 1.165) is 29.1 Å². The first kappa shape index (κ1) is 16.4. The number of hydrogen-bond donors (Lipinski definition) is 0. The number of carbonyl (C=O) groups is 1. The zero-order valence-corrected chi connectivity index (χ0v) is 15.5. The molecule has 1 aromatic heterocycles. The van der Waals surface area contributed by atoms with Crippen LogP contribution in [-0.4, -0.2) is 5.91 Å². The van der Waals surface area contributed by atoms with Crippen molar-refractivity contribution in [1.82, 2.24) is 0 Å². The summed E-state index contributed by atoms with van der Waals surface area (Å²) >= 11 is 7.90. The number of halogens is 1. The van der Waals surface area contributed by atoms with Gasteiger partial charge >= 0.3 is 0 Å². The first-order valence-corrected chi connectivity index (χ1v) is 9.65. The first-order chi connectivity index (χ1) is 12.1. The third-order valence-electron chi connectivity index (χ3n) is 4.77. The second-order valence-electron chi connectivity index (χ2n) is 6.37. The topological polar surface area (TPSA) is 20.3 Å². The van der Waals surface area contributed by atoms with Gasteiger partial charge in [0, 0.05) is 17.6 Å². The molecule has 0 radical (unpaired) electrons. The Morgan fingerprint density at radius 3 is 2.60 bits per heavy atom. The van der Waals surface area contributed by atoms with Crippen molar-refractivity contribution in [1.29, 1.82) is 0 Å². The Hall–Kier alpha value is -2.10. The lowest BCUT2D eigenvalue weighted by Crippen LogP contribution is -2.30. The predicted molar refractivity (Wildman–Crippen MR) is 105 cm³/mol. The van der Waals surface area contributed by atoms with E-state index in [1.165, 1.54) is 22.3 Å². The second kappa shape index (κ2) is 6.66. The van der Waals surface area contributed by atoms with E-state index < -0.39 is 0 Å². The lowest BCUT2D eigenvalue weighted by molar-refractivity contribution is -0.116. The van der Waals surface area contributed by atoms with E-state index in [-0.39, 0.29) is 5.91 Å². The van der Waals surface area contributed by atoms with E-state index >= 15 is 0 Å². The average molecular weight is 368 g/mol. The van der Waals surface area contributed by atoms with E-state index in [1.807, 2.05) is 23.1 Å². The molecule has 3 aromatic rings. The summed E-state index contributed by atoms with van der Waals surface area (Å²) in [5.41, 5.74) is 7.12. The number of rotatable bonds is 1. The van der Waals surface area contributed by atoms with Crippen LogP contribution in [0.15, 0.2) is 53.2 Å². The van der Waals surface area contributed by atoms with Crippen molar-refractivity contribution in [3.63, 3.8) is 0 Å². The number of amides is 1. The summed E-state index contributed by atoms with van der Waals surface area (Å²) in [5, 5.41) is 4.98. The van der Waals surface area contributed by atoms with Crippen LogP contribution in [0.1, 0.15) is 23.6 Å². The Morgan fingerprint density at radius 2 is 1.84 bits per heavy atom. The van der Waals surface area contributed by atoms with Crippen LogP contribution in [0.2, 0.25) is 5.02 Å². The molecule has 25 heavy (non-hydrogen) atoms. The number of fused-ring (bicyclic) bond motifs is 2. The van der Waals surface area contributed by atoms with Crippen LogP contribution in [0.5, 0.6) is 0 Å². The van der Waals surface area contributed by atoms with Crippen LogP contribution in [0.4, 0.5) is 5.69 Å². The SMILES string of the molecule is CC(=O)N1Cc2ccc(-c3ccsc3)cc2CCc2cc(Cl)ccc21. The molecule has 0 saturated heterocycles. The van der Waals surface area contributed by atoms with Crippen LogP contribution < -0.4 is 4.90 Å². The number of carbonyl (C=O) groups excluding carboxylic acids is 1. The molecule has 1 aliphatic heterocycles. The van der Waals surface area contributed by atoms with Gasteiger partial charge in [0.25, 0.3) is 0 Å². The number of nitrogens with zero attached hydrogens (tertiary/aromatic N) is 1. The van der Waals surface area contributed by atoms with Gasteiger partial charge in [0.1, 0.15) is 0 Å². The van der Waals surface area contributed by atoms with Crippen LogP contribution in [-0.2, 0) is 24.2 Å². The van der Waals surface area contributed by atoms with Gasteiger partial charge in [0.15, 0.2) is 0 Å². The minimum Gasteiger partial charge on any atom is -0.308 e. The van der Waals surface area contributed by atoms with Crippen molar-refractivity contribution in [2.24, 2.45) is 0 Å². The van der Waals surface area contributed by atoms with Gasteiger partial charge in [0.2, 0.25) is 5.91 Å².